The van der Waals surface area contributed by atoms with E-state index >= 15 is 0 Å². The van der Waals surface area contributed by atoms with Crippen molar-refractivity contribution >= 4 is 38.6 Å². The van der Waals surface area contributed by atoms with Crippen molar-refractivity contribution in [2.75, 3.05) is 4.90 Å². The van der Waals surface area contributed by atoms with Crippen molar-refractivity contribution in [2.45, 2.75) is 5.41 Å². The topological polar surface area (TPSA) is 3.24 Å². The second-order valence-electron chi connectivity index (χ2n) is 15.2. The van der Waals surface area contributed by atoms with Crippen LogP contribution in [0.3, 0.4) is 0 Å². The average molecular weight is 738 g/mol. The molecule has 0 aromatic heterocycles. The fourth-order valence-electron chi connectivity index (χ4n) is 9.51. The predicted octanol–water partition coefficient (Wildman–Crippen LogP) is 15.2. The van der Waals surface area contributed by atoms with Crippen molar-refractivity contribution in [3.8, 4) is 33.4 Å². The van der Waals surface area contributed by atoms with Crippen LogP contribution in [0.4, 0.5) is 17.1 Å². The van der Waals surface area contributed by atoms with Crippen LogP contribution in [0, 0.1) is 0 Å². The van der Waals surface area contributed by atoms with Gasteiger partial charge >= 0.3 is 0 Å². The fraction of sp³-hybridized carbons (Fsp3) is 0.0175. The van der Waals surface area contributed by atoms with E-state index in [9.17, 15) is 0 Å². The third kappa shape index (κ3) is 5.39. The minimum absolute atomic E-state index is 0.453. The Morgan fingerprint density at radius 2 is 0.759 bits per heavy atom. The molecule has 0 saturated heterocycles. The van der Waals surface area contributed by atoms with Crippen LogP contribution in [0.15, 0.2) is 237 Å². The summed E-state index contributed by atoms with van der Waals surface area (Å²) in [7, 11) is 0. The molecular formula is C57H39N. The molecule has 0 heterocycles. The molecule has 1 aliphatic rings. The Hall–Kier alpha value is -7.48. The summed E-state index contributed by atoms with van der Waals surface area (Å²) < 4.78 is 0. The number of hydrogen-bond acceptors (Lipinski definition) is 1. The van der Waals surface area contributed by atoms with Crippen LogP contribution >= 0.6 is 0 Å². The third-order valence-corrected chi connectivity index (χ3v) is 12.1. The van der Waals surface area contributed by atoms with Crippen molar-refractivity contribution in [1.82, 2.24) is 0 Å². The summed E-state index contributed by atoms with van der Waals surface area (Å²) in [5.41, 5.74) is 15.4. The second kappa shape index (κ2) is 13.9. The van der Waals surface area contributed by atoms with Gasteiger partial charge in [-0.3, -0.25) is 0 Å². The molecule has 0 saturated carbocycles. The van der Waals surface area contributed by atoms with E-state index < -0.39 is 5.41 Å². The Kier molecular flexibility index (Phi) is 8.12. The summed E-state index contributed by atoms with van der Waals surface area (Å²) in [6.07, 6.45) is 0. The van der Waals surface area contributed by atoms with Crippen LogP contribution < -0.4 is 4.90 Å². The van der Waals surface area contributed by atoms with E-state index in [1.165, 1.54) is 77.2 Å². The molecule has 0 fully saturated rings. The summed E-state index contributed by atoms with van der Waals surface area (Å²) in [5, 5.41) is 4.93. The summed E-state index contributed by atoms with van der Waals surface area (Å²) in [6.45, 7) is 0. The lowest BCUT2D eigenvalue weighted by Crippen LogP contribution is -2.28. The SMILES string of the molecule is c1ccc(-c2ccc(-c3ccc(N(c4ccc5c(c4)-c4ccccc4C5(c4ccccc4)c4ccccc4)c4cc5ccccc5c5ccccc45)cc3)cc2)cc1. The smallest absolute Gasteiger partial charge is 0.0713 e. The Bertz CT molecular complexity index is 3040. The molecule has 0 bridgehead atoms. The zero-order valence-corrected chi connectivity index (χ0v) is 32.0. The first-order valence-corrected chi connectivity index (χ1v) is 20.1. The highest BCUT2D eigenvalue weighted by Gasteiger charge is 2.46. The van der Waals surface area contributed by atoms with Crippen LogP contribution in [0.1, 0.15) is 22.3 Å². The largest absolute Gasteiger partial charge is 0.310 e. The molecule has 10 aromatic carbocycles. The Morgan fingerprint density at radius 3 is 1.41 bits per heavy atom. The molecule has 1 aliphatic carbocycles. The molecule has 0 aliphatic heterocycles. The summed E-state index contributed by atoms with van der Waals surface area (Å²) in [6, 6.07) is 86.8. The molecule has 272 valence electrons. The first-order valence-electron chi connectivity index (χ1n) is 20.1. The highest BCUT2D eigenvalue weighted by atomic mass is 15.1. The number of hydrogen-bond donors (Lipinski definition) is 0. The van der Waals surface area contributed by atoms with Gasteiger partial charge in [-0.05, 0) is 102 Å². The van der Waals surface area contributed by atoms with Crippen LogP contribution in [0.25, 0.3) is 54.9 Å². The minimum atomic E-state index is -0.453. The first kappa shape index (κ1) is 33.8. The predicted molar refractivity (Wildman–Crippen MR) is 244 cm³/mol. The van der Waals surface area contributed by atoms with E-state index in [4.69, 9.17) is 0 Å². The maximum atomic E-state index is 2.46. The van der Waals surface area contributed by atoms with E-state index in [1.807, 2.05) is 0 Å². The molecule has 0 spiro atoms. The molecule has 1 nitrogen and oxygen atoms in total. The third-order valence-electron chi connectivity index (χ3n) is 12.1. The average Bonchev–Trinajstić information content (AvgIpc) is 3.61. The van der Waals surface area contributed by atoms with Crippen LogP contribution in [0.2, 0.25) is 0 Å². The van der Waals surface area contributed by atoms with Crippen LogP contribution in [-0.2, 0) is 5.41 Å². The molecular weight excluding hydrogens is 699 g/mol. The monoisotopic (exact) mass is 737 g/mol. The molecule has 0 N–H and O–H groups in total. The molecule has 58 heavy (non-hydrogen) atoms. The van der Waals surface area contributed by atoms with E-state index in [1.54, 1.807) is 0 Å². The maximum Gasteiger partial charge on any atom is 0.0713 e. The normalized spacial score (nSPS) is 12.6. The van der Waals surface area contributed by atoms with Gasteiger partial charge in [-0.1, -0.05) is 206 Å². The number of nitrogens with zero attached hydrogens (tertiary/aromatic N) is 1. The van der Waals surface area contributed by atoms with Gasteiger partial charge in [-0.25, -0.2) is 0 Å². The second-order valence-corrected chi connectivity index (χ2v) is 15.2. The van der Waals surface area contributed by atoms with Gasteiger partial charge in [0.25, 0.3) is 0 Å². The Labute approximate surface area is 339 Å². The van der Waals surface area contributed by atoms with Gasteiger partial charge in [-0.2, -0.15) is 0 Å². The van der Waals surface area contributed by atoms with Gasteiger partial charge in [-0.15, -0.1) is 0 Å². The summed E-state index contributed by atoms with van der Waals surface area (Å²) in [5.74, 6) is 0. The van der Waals surface area contributed by atoms with Gasteiger partial charge in [0.05, 0.1) is 11.1 Å². The number of anilines is 3. The van der Waals surface area contributed by atoms with Gasteiger partial charge in [0, 0.05) is 16.8 Å². The summed E-state index contributed by atoms with van der Waals surface area (Å²) in [4.78, 5) is 2.46. The van der Waals surface area contributed by atoms with E-state index in [2.05, 4.69) is 241 Å². The molecule has 1 heteroatoms. The quantitative estimate of drug-likeness (QED) is 0.147. The van der Waals surface area contributed by atoms with Crippen LogP contribution in [-0.4, -0.2) is 0 Å². The standard InChI is InChI=1S/C57H39N/c1-4-16-40(17-5-1)41-28-30-42(31-29-41)43-32-34-47(35-33-43)58(56-38-44-18-10-11-23-49(44)50-24-12-13-26-52(50)56)48-36-37-55-53(39-48)51-25-14-15-27-54(51)57(55,45-19-6-2-7-20-45)46-21-8-3-9-22-46/h1-39H. The van der Waals surface area contributed by atoms with Crippen molar-refractivity contribution in [3.05, 3.63) is 259 Å². The zero-order valence-electron chi connectivity index (χ0n) is 32.0. The number of fused-ring (bicyclic) bond motifs is 6. The van der Waals surface area contributed by atoms with E-state index in [0.717, 1.165) is 17.1 Å². The van der Waals surface area contributed by atoms with Crippen LogP contribution in [0.5, 0.6) is 0 Å². The van der Waals surface area contributed by atoms with Gasteiger partial charge in [0.1, 0.15) is 0 Å². The molecule has 11 rings (SSSR count). The maximum absolute atomic E-state index is 2.46. The van der Waals surface area contributed by atoms with E-state index in [-0.39, 0.29) is 0 Å². The minimum Gasteiger partial charge on any atom is -0.310 e. The lowest BCUT2D eigenvalue weighted by Gasteiger charge is -2.34. The number of benzene rings is 10. The lowest BCUT2D eigenvalue weighted by molar-refractivity contribution is 0.768. The van der Waals surface area contributed by atoms with E-state index in [0.29, 0.717) is 0 Å². The number of rotatable bonds is 7. The first-order chi connectivity index (χ1) is 28.8. The highest BCUT2D eigenvalue weighted by Crippen LogP contribution is 2.57. The Morgan fingerprint density at radius 1 is 0.293 bits per heavy atom. The van der Waals surface area contributed by atoms with Crippen molar-refractivity contribution in [2.24, 2.45) is 0 Å². The zero-order chi connectivity index (χ0) is 38.5. The van der Waals surface area contributed by atoms with Gasteiger partial charge in [0.15, 0.2) is 0 Å². The molecule has 0 unspecified atom stereocenters. The lowest BCUT2D eigenvalue weighted by atomic mass is 9.68. The Balaban J connectivity index is 1.11. The van der Waals surface area contributed by atoms with Crippen molar-refractivity contribution < 1.29 is 0 Å². The molecule has 0 radical (unpaired) electrons. The van der Waals surface area contributed by atoms with Gasteiger partial charge < -0.3 is 4.90 Å². The van der Waals surface area contributed by atoms with Crippen molar-refractivity contribution in [3.63, 3.8) is 0 Å². The molecule has 0 amide bonds. The molecule has 0 atom stereocenters. The highest BCUT2D eigenvalue weighted by molar-refractivity contribution is 6.14. The molecule has 10 aromatic rings. The fourth-order valence-corrected chi connectivity index (χ4v) is 9.51. The van der Waals surface area contributed by atoms with Gasteiger partial charge in [0.2, 0.25) is 0 Å². The van der Waals surface area contributed by atoms with Crippen molar-refractivity contribution in [1.29, 1.82) is 0 Å². The summed E-state index contributed by atoms with van der Waals surface area (Å²) >= 11 is 0.